The van der Waals surface area contributed by atoms with Crippen LogP contribution in [0.25, 0.3) is 6.08 Å². The Labute approximate surface area is 175 Å². The van der Waals surface area contributed by atoms with Crippen LogP contribution in [-0.4, -0.2) is 52.3 Å². The van der Waals surface area contributed by atoms with Crippen LogP contribution in [0.4, 0.5) is 5.13 Å². The molecule has 2 heterocycles. The Bertz CT molecular complexity index is 986. The summed E-state index contributed by atoms with van der Waals surface area (Å²) in [5.74, 6) is -0.589. The lowest BCUT2D eigenvalue weighted by Crippen LogP contribution is -2.29. The van der Waals surface area contributed by atoms with Gasteiger partial charge in [0, 0.05) is 18.1 Å². The van der Waals surface area contributed by atoms with Crippen molar-refractivity contribution in [2.45, 2.75) is 0 Å². The van der Waals surface area contributed by atoms with Gasteiger partial charge >= 0.3 is 5.97 Å². The minimum absolute atomic E-state index is 0.185. The van der Waals surface area contributed by atoms with Crippen LogP contribution in [0, 0.1) is 0 Å². The highest BCUT2D eigenvalue weighted by Crippen LogP contribution is 2.36. The molecule has 1 N–H and O–H groups in total. The van der Waals surface area contributed by atoms with E-state index >= 15 is 0 Å². The number of benzene rings is 1. The Morgan fingerprint density at radius 1 is 1.41 bits per heavy atom. The number of methoxy groups -OCH3 is 1. The van der Waals surface area contributed by atoms with Crippen molar-refractivity contribution in [1.29, 1.82) is 0 Å². The first kappa shape index (κ1) is 20.6. The second-order valence-electron chi connectivity index (χ2n) is 5.62. The first-order valence-corrected chi connectivity index (χ1v) is 10.0. The van der Waals surface area contributed by atoms with Crippen LogP contribution in [0.15, 0.2) is 52.3 Å². The molecule has 2 aromatic rings. The van der Waals surface area contributed by atoms with Crippen molar-refractivity contribution < 1.29 is 24.2 Å². The van der Waals surface area contributed by atoms with Gasteiger partial charge in [-0.05, 0) is 35.5 Å². The van der Waals surface area contributed by atoms with E-state index in [2.05, 4.69) is 16.6 Å². The standard InChI is InChI=1S/C19H17N3O5S2/c1-3-7-22-17(25)15(29-19(22)21-18-20-6-8-28-18)10-12-4-5-13(14(9-12)26-2)27-11-16(23)24/h3-6,8-10H,1,7,11H2,2H3,(H,23,24)/b15-10+,21-19?. The third kappa shape index (κ3) is 5.04. The second-order valence-corrected chi connectivity index (χ2v) is 7.50. The van der Waals surface area contributed by atoms with Crippen molar-refractivity contribution in [2.75, 3.05) is 20.3 Å². The summed E-state index contributed by atoms with van der Waals surface area (Å²) in [4.78, 5) is 34.1. The van der Waals surface area contributed by atoms with Crippen LogP contribution in [0.5, 0.6) is 11.5 Å². The van der Waals surface area contributed by atoms with E-state index in [9.17, 15) is 9.59 Å². The number of carbonyl (C=O) groups excluding carboxylic acids is 1. The molecule has 0 saturated carbocycles. The lowest BCUT2D eigenvalue weighted by atomic mass is 10.2. The summed E-state index contributed by atoms with van der Waals surface area (Å²) in [5.41, 5.74) is 0.703. The van der Waals surface area contributed by atoms with Crippen LogP contribution in [0.3, 0.4) is 0 Å². The zero-order chi connectivity index (χ0) is 20.8. The molecule has 0 radical (unpaired) electrons. The molecule has 1 aliphatic rings. The lowest BCUT2D eigenvalue weighted by molar-refractivity contribution is -0.139. The first-order valence-electron chi connectivity index (χ1n) is 8.35. The van der Waals surface area contributed by atoms with Gasteiger partial charge in [-0.3, -0.25) is 9.69 Å². The predicted octanol–water partition coefficient (Wildman–Crippen LogP) is 3.41. The van der Waals surface area contributed by atoms with Crippen molar-refractivity contribution in [1.82, 2.24) is 9.88 Å². The van der Waals surface area contributed by atoms with Crippen molar-refractivity contribution in [2.24, 2.45) is 4.99 Å². The van der Waals surface area contributed by atoms with Gasteiger partial charge in [0.15, 0.2) is 23.3 Å². The fraction of sp³-hybridized carbons (Fsp3) is 0.158. The van der Waals surface area contributed by atoms with Crippen molar-refractivity contribution in [3.05, 3.63) is 52.9 Å². The monoisotopic (exact) mass is 431 g/mol. The average molecular weight is 431 g/mol. The SMILES string of the molecule is C=CCN1C(=O)/C(=C\c2ccc(OCC(=O)O)c(OC)c2)SC1=Nc1nccs1. The van der Waals surface area contributed by atoms with Gasteiger partial charge in [-0.15, -0.1) is 17.9 Å². The topological polar surface area (TPSA) is 101 Å². The number of carboxylic acid groups (broad SMARTS) is 1. The quantitative estimate of drug-likeness (QED) is 0.505. The van der Waals surface area contributed by atoms with E-state index in [1.165, 1.54) is 35.1 Å². The Balaban J connectivity index is 1.88. The number of thiazole rings is 1. The fourth-order valence-corrected chi connectivity index (χ4v) is 3.97. The molecule has 0 atom stereocenters. The number of amides is 1. The normalized spacial score (nSPS) is 16.4. The molecule has 1 aliphatic heterocycles. The Morgan fingerprint density at radius 2 is 2.24 bits per heavy atom. The molecule has 1 amide bonds. The van der Waals surface area contributed by atoms with Gasteiger partial charge < -0.3 is 14.6 Å². The van der Waals surface area contributed by atoms with Crippen LogP contribution in [-0.2, 0) is 9.59 Å². The van der Waals surface area contributed by atoms with Crippen molar-refractivity contribution >= 4 is 51.4 Å². The van der Waals surface area contributed by atoms with Crippen LogP contribution in [0.1, 0.15) is 5.56 Å². The van der Waals surface area contributed by atoms with Gasteiger partial charge in [0.1, 0.15) is 0 Å². The lowest BCUT2D eigenvalue weighted by Gasteiger charge is -2.11. The highest BCUT2D eigenvalue weighted by molar-refractivity contribution is 8.18. The molecule has 29 heavy (non-hydrogen) atoms. The second kappa shape index (κ2) is 9.39. The number of aromatic nitrogens is 1. The Hall–Kier alpha value is -3.11. The van der Waals surface area contributed by atoms with E-state index in [0.29, 0.717) is 38.8 Å². The zero-order valence-electron chi connectivity index (χ0n) is 15.4. The molecule has 3 rings (SSSR count). The molecule has 150 valence electrons. The van der Waals surface area contributed by atoms with Gasteiger partial charge in [0.05, 0.1) is 12.0 Å². The first-order chi connectivity index (χ1) is 14.0. The van der Waals surface area contributed by atoms with Gasteiger partial charge in [-0.2, -0.15) is 4.99 Å². The summed E-state index contributed by atoms with van der Waals surface area (Å²) in [5, 5.41) is 11.7. The van der Waals surface area contributed by atoms with E-state index in [4.69, 9.17) is 14.6 Å². The fourth-order valence-electron chi connectivity index (χ4n) is 2.42. The third-order valence-corrected chi connectivity index (χ3v) is 5.32. The number of hydrogen-bond donors (Lipinski definition) is 1. The van der Waals surface area contributed by atoms with E-state index < -0.39 is 12.6 Å². The summed E-state index contributed by atoms with van der Waals surface area (Å²) in [6, 6.07) is 4.99. The average Bonchev–Trinajstić information content (AvgIpc) is 3.31. The molecular formula is C19H17N3O5S2. The largest absolute Gasteiger partial charge is 0.493 e. The maximum atomic E-state index is 12.8. The minimum atomic E-state index is -1.08. The van der Waals surface area contributed by atoms with Crippen molar-refractivity contribution in [3.8, 4) is 11.5 Å². The molecule has 0 spiro atoms. The van der Waals surface area contributed by atoms with Crippen molar-refractivity contribution in [3.63, 3.8) is 0 Å². The smallest absolute Gasteiger partial charge is 0.341 e. The van der Waals surface area contributed by atoms with Gasteiger partial charge in [-0.25, -0.2) is 9.78 Å². The number of carboxylic acids is 1. The van der Waals surface area contributed by atoms with E-state index in [1.54, 1.807) is 36.5 Å². The maximum absolute atomic E-state index is 12.8. The summed E-state index contributed by atoms with van der Waals surface area (Å²) in [6.07, 6.45) is 5.01. The highest BCUT2D eigenvalue weighted by Gasteiger charge is 2.32. The summed E-state index contributed by atoms with van der Waals surface area (Å²) >= 11 is 2.63. The summed E-state index contributed by atoms with van der Waals surface area (Å²) in [6.45, 7) is 3.56. The van der Waals surface area contributed by atoms with Gasteiger partial charge in [0.2, 0.25) is 5.13 Å². The summed E-state index contributed by atoms with van der Waals surface area (Å²) in [7, 11) is 1.46. The number of ether oxygens (including phenoxy) is 2. The number of hydrogen-bond acceptors (Lipinski definition) is 8. The molecule has 0 aliphatic carbocycles. The number of rotatable bonds is 8. The third-order valence-electron chi connectivity index (χ3n) is 3.65. The number of thioether (sulfide) groups is 1. The summed E-state index contributed by atoms with van der Waals surface area (Å²) < 4.78 is 10.5. The Kier molecular flexibility index (Phi) is 6.68. The predicted molar refractivity (Wildman–Crippen MR) is 113 cm³/mol. The maximum Gasteiger partial charge on any atom is 0.341 e. The molecular weight excluding hydrogens is 414 g/mol. The zero-order valence-corrected chi connectivity index (χ0v) is 17.0. The van der Waals surface area contributed by atoms with Crippen LogP contribution >= 0.6 is 23.1 Å². The highest BCUT2D eigenvalue weighted by atomic mass is 32.2. The number of aliphatic imine (C=N–C) groups is 1. The van der Waals surface area contributed by atoms with E-state index in [1.807, 2.05) is 5.38 Å². The van der Waals surface area contributed by atoms with Crippen LogP contribution in [0.2, 0.25) is 0 Å². The van der Waals surface area contributed by atoms with E-state index in [0.717, 1.165) is 0 Å². The number of amidine groups is 1. The molecule has 1 saturated heterocycles. The molecule has 0 unspecified atom stereocenters. The van der Waals surface area contributed by atoms with Gasteiger partial charge in [0.25, 0.3) is 5.91 Å². The minimum Gasteiger partial charge on any atom is -0.493 e. The molecule has 1 fully saturated rings. The number of nitrogens with zero attached hydrogens (tertiary/aromatic N) is 3. The number of aliphatic carboxylic acids is 1. The molecule has 1 aromatic heterocycles. The van der Waals surface area contributed by atoms with Crippen LogP contribution < -0.4 is 9.47 Å². The van der Waals surface area contributed by atoms with Gasteiger partial charge in [-0.1, -0.05) is 12.1 Å². The molecule has 10 heteroatoms. The molecule has 1 aromatic carbocycles. The number of carbonyl (C=O) groups is 2. The molecule has 0 bridgehead atoms. The Morgan fingerprint density at radius 3 is 2.90 bits per heavy atom. The molecule has 8 nitrogen and oxygen atoms in total. The van der Waals surface area contributed by atoms with E-state index in [-0.39, 0.29) is 5.91 Å².